The first kappa shape index (κ1) is 44.3. The lowest BCUT2D eigenvalue weighted by Gasteiger charge is -2.31. The Balaban J connectivity index is 1.67. The number of allylic oxidation sites excluding steroid dienone is 1. The number of aliphatic hydroxyl groups is 1. The number of fused-ring (bicyclic) bond motifs is 1. The first-order valence-corrected chi connectivity index (χ1v) is 19.9. The summed E-state index contributed by atoms with van der Waals surface area (Å²) >= 11 is 0. The fraction of sp³-hybridized carbons (Fsp3) is 0.381. The molecule has 0 radical (unpaired) electrons. The van der Waals surface area contributed by atoms with Crippen LogP contribution in [0.25, 0.3) is 11.0 Å². The second-order valence-electron chi connectivity index (χ2n) is 13.9. The third-order valence-electron chi connectivity index (χ3n) is 9.77. The van der Waals surface area contributed by atoms with Crippen LogP contribution in [0.2, 0.25) is 0 Å². The number of anilines is 1. The monoisotopic (exact) mass is 822 g/mol. The number of imidazole rings is 1. The van der Waals surface area contributed by atoms with Gasteiger partial charge < -0.3 is 40.2 Å². The Morgan fingerprint density at radius 2 is 1.43 bits per heavy atom. The highest BCUT2D eigenvalue weighted by molar-refractivity contribution is 6.07. The fourth-order valence-electron chi connectivity index (χ4n) is 6.70. The number of carbonyl (C=O) groups excluding carboxylic acids is 4. The van der Waals surface area contributed by atoms with Crippen LogP contribution in [0.3, 0.4) is 0 Å². The number of ether oxygens (including phenoxy) is 1. The maximum absolute atomic E-state index is 13.9. The number of aryl methyl sites for hydroxylation is 5. The van der Waals surface area contributed by atoms with Gasteiger partial charge in [0.25, 0.3) is 11.8 Å². The molecule has 3 heterocycles. The summed E-state index contributed by atoms with van der Waals surface area (Å²) in [6, 6.07) is 13.3. The summed E-state index contributed by atoms with van der Waals surface area (Å²) in [7, 11) is 1.83. The average Bonchev–Trinajstić information content (AvgIpc) is 3.91. The van der Waals surface area contributed by atoms with Crippen molar-refractivity contribution in [2.45, 2.75) is 74.1 Å². The Kier molecular flexibility index (Phi) is 14.6. The molecule has 18 heteroatoms. The van der Waals surface area contributed by atoms with E-state index in [1.165, 1.54) is 0 Å². The Hall–Kier alpha value is -6.82. The van der Waals surface area contributed by atoms with Gasteiger partial charge >= 0.3 is 0 Å². The van der Waals surface area contributed by atoms with Gasteiger partial charge in [0.05, 0.1) is 23.5 Å². The predicted octanol–water partition coefficient (Wildman–Crippen LogP) is 3.42. The molecular formula is C42H54N12O6. The topological polar surface area (TPSA) is 226 Å². The van der Waals surface area contributed by atoms with Crippen molar-refractivity contribution in [2.75, 3.05) is 38.3 Å². The number of amides is 4. The number of aliphatic hydroxyl groups excluding tert-OH is 1. The van der Waals surface area contributed by atoms with Gasteiger partial charge in [0.1, 0.15) is 22.7 Å². The van der Waals surface area contributed by atoms with Gasteiger partial charge in [0.2, 0.25) is 23.4 Å². The molecule has 0 aliphatic rings. The summed E-state index contributed by atoms with van der Waals surface area (Å²) < 4.78 is 13.0. The van der Waals surface area contributed by atoms with Crippen LogP contribution in [-0.2, 0) is 26.2 Å². The zero-order valence-corrected chi connectivity index (χ0v) is 35.3. The van der Waals surface area contributed by atoms with E-state index in [4.69, 9.17) is 16.2 Å². The highest BCUT2D eigenvalue weighted by atomic mass is 16.5. The lowest BCUT2D eigenvalue weighted by atomic mass is 10.1. The molecule has 2 aromatic carbocycles. The number of guanidine groups is 1. The van der Waals surface area contributed by atoms with E-state index in [1.807, 2.05) is 72.8 Å². The second kappa shape index (κ2) is 19.8. The van der Waals surface area contributed by atoms with E-state index in [0.717, 1.165) is 0 Å². The normalized spacial score (nSPS) is 12.1. The minimum atomic E-state index is -0.665. The summed E-state index contributed by atoms with van der Waals surface area (Å²) in [4.78, 5) is 65.2. The number of carbonyl (C=O) groups is 4. The molecule has 0 saturated heterocycles. The van der Waals surface area contributed by atoms with Crippen molar-refractivity contribution >= 4 is 46.3 Å². The van der Waals surface area contributed by atoms with E-state index in [2.05, 4.69) is 20.2 Å². The number of nitrogens with two attached hydrogens (primary N) is 2. The molecule has 18 nitrogen and oxygen atoms in total. The number of rotatable bonds is 17. The summed E-state index contributed by atoms with van der Waals surface area (Å²) in [5.41, 5.74) is 15.9. The van der Waals surface area contributed by atoms with Gasteiger partial charge in [-0.3, -0.25) is 28.5 Å². The van der Waals surface area contributed by atoms with E-state index in [9.17, 15) is 24.3 Å². The summed E-state index contributed by atoms with van der Waals surface area (Å²) in [5, 5.41) is 18.4. The maximum Gasteiger partial charge on any atom is 0.298 e. The van der Waals surface area contributed by atoms with Crippen LogP contribution in [-0.4, -0.2) is 102 Å². The van der Waals surface area contributed by atoms with E-state index < -0.39 is 23.6 Å². The molecule has 318 valence electrons. The van der Waals surface area contributed by atoms with E-state index in [0.29, 0.717) is 89.4 Å². The largest absolute Gasteiger partial charge is 0.491 e. The maximum atomic E-state index is 13.9. The third kappa shape index (κ3) is 9.71. The van der Waals surface area contributed by atoms with Gasteiger partial charge in [0.15, 0.2) is 0 Å². The fourth-order valence-corrected chi connectivity index (χ4v) is 6.70. The van der Waals surface area contributed by atoms with Gasteiger partial charge in [-0.15, -0.1) is 0 Å². The molecule has 5 N–H and O–H groups in total. The molecule has 0 unspecified atom stereocenters. The SMILES string of the molecule is CCN(C)C(=NC(=O)c1cc(C)nn1CC)N(C/C=C/Cn1c(=NC(=O)c2cc(C)nn2CC)n(CC)c2cc(C(N)=O)cc(OCCCO)c21)c1ccc(C(N)=O)cc1. The molecule has 0 aliphatic heterocycles. The first-order valence-electron chi connectivity index (χ1n) is 19.9. The first-order chi connectivity index (χ1) is 28.8. The zero-order chi connectivity index (χ0) is 43.7. The molecule has 4 amide bonds. The number of aliphatic imine (C=N–C) groups is 1. The van der Waals surface area contributed by atoms with Gasteiger partial charge in [-0.05, 0) is 90.1 Å². The number of hydrogen-bond acceptors (Lipinski definition) is 8. The van der Waals surface area contributed by atoms with Gasteiger partial charge in [0, 0.05) is 76.2 Å². The van der Waals surface area contributed by atoms with Crippen LogP contribution in [0.5, 0.6) is 5.75 Å². The van der Waals surface area contributed by atoms with Crippen molar-refractivity contribution in [3.63, 3.8) is 0 Å². The van der Waals surface area contributed by atoms with Crippen LogP contribution in [0.4, 0.5) is 5.69 Å². The quantitative estimate of drug-likeness (QED) is 0.0536. The average molecular weight is 823 g/mol. The van der Waals surface area contributed by atoms with Gasteiger partial charge in [-0.25, -0.2) is 0 Å². The number of nitrogens with zero attached hydrogens (tertiary/aromatic N) is 10. The van der Waals surface area contributed by atoms with Crippen molar-refractivity contribution in [3.05, 3.63) is 100 Å². The molecule has 0 fully saturated rings. The van der Waals surface area contributed by atoms with Crippen molar-refractivity contribution in [2.24, 2.45) is 21.5 Å². The second-order valence-corrected chi connectivity index (χ2v) is 13.9. The molecular weight excluding hydrogens is 769 g/mol. The van der Waals surface area contributed by atoms with Crippen molar-refractivity contribution in [1.82, 2.24) is 33.6 Å². The number of aromatic nitrogens is 6. The standard InChI is InChI=1S/C42H54N12O6/c1-8-49(7)41(45-39(58)33-23-27(5)47-53(33)10-3)51(31-17-15-29(16-18-31)37(43)56)19-12-13-20-52-36-32(25-30(38(44)57)26-35(36)60-22-14-21-55)50(9-2)42(52)46-40(59)34-24-28(6)48-54(34)11-4/h12-13,15-18,23-26,55H,8-11,14,19-22H2,1-7H3,(H2,43,56)(H2,44,57)/b13-12+,45-41?,46-42?. The Morgan fingerprint density at radius 1 is 0.817 bits per heavy atom. The number of benzene rings is 2. The third-order valence-corrected chi connectivity index (χ3v) is 9.77. The smallest absolute Gasteiger partial charge is 0.298 e. The molecule has 0 spiro atoms. The molecule has 5 rings (SSSR count). The van der Waals surface area contributed by atoms with E-state index in [1.54, 1.807) is 64.8 Å². The highest BCUT2D eigenvalue weighted by Crippen LogP contribution is 2.28. The van der Waals surface area contributed by atoms with Crippen molar-refractivity contribution in [3.8, 4) is 5.75 Å². The van der Waals surface area contributed by atoms with Crippen LogP contribution in [0.1, 0.15) is 87.2 Å². The minimum absolute atomic E-state index is 0.106. The predicted molar refractivity (Wildman–Crippen MR) is 228 cm³/mol. The lowest BCUT2D eigenvalue weighted by molar-refractivity contribution is 0.0979. The Labute approximate surface area is 348 Å². The highest BCUT2D eigenvalue weighted by Gasteiger charge is 2.23. The lowest BCUT2D eigenvalue weighted by Crippen LogP contribution is -2.43. The van der Waals surface area contributed by atoms with Crippen molar-refractivity contribution in [1.29, 1.82) is 0 Å². The molecule has 3 aromatic heterocycles. The summed E-state index contributed by atoms with van der Waals surface area (Å²) in [6.07, 6.45) is 4.11. The molecule has 0 atom stereocenters. The summed E-state index contributed by atoms with van der Waals surface area (Å²) in [6.45, 7) is 13.5. The Morgan fingerprint density at radius 3 is 1.98 bits per heavy atom. The van der Waals surface area contributed by atoms with E-state index in [-0.39, 0.29) is 37.5 Å². The number of primary amides is 2. The molecule has 60 heavy (non-hydrogen) atoms. The summed E-state index contributed by atoms with van der Waals surface area (Å²) in [5.74, 6) is -1.56. The van der Waals surface area contributed by atoms with Crippen LogP contribution >= 0.6 is 0 Å². The molecule has 0 bridgehead atoms. The van der Waals surface area contributed by atoms with Gasteiger partial charge in [-0.1, -0.05) is 12.2 Å². The van der Waals surface area contributed by atoms with Gasteiger partial charge in [-0.2, -0.15) is 20.2 Å². The zero-order valence-electron chi connectivity index (χ0n) is 35.3. The van der Waals surface area contributed by atoms with Crippen LogP contribution < -0.4 is 26.7 Å². The minimum Gasteiger partial charge on any atom is -0.491 e. The van der Waals surface area contributed by atoms with E-state index >= 15 is 0 Å². The van der Waals surface area contributed by atoms with Crippen molar-refractivity contribution < 1.29 is 29.0 Å². The number of hydrogen-bond donors (Lipinski definition) is 3. The molecule has 5 aromatic rings. The van der Waals surface area contributed by atoms with Crippen LogP contribution in [0.15, 0.2) is 70.7 Å². The molecule has 0 aliphatic carbocycles. The molecule has 0 saturated carbocycles. The van der Waals surface area contributed by atoms with Crippen LogP contribution in [0, 0.1) is 13.8 Å². The Bertz CT molecular complexity index is 2500.